The van der Waals surface area contributed by atoms with Crippen LogP contribution in [-0.2, 0) is 4.79 Å². The van der Waals surface area contributed by atoms with Crippen LogP contribution in [0.4, 0.5) is 0 Å². The molecule has 1 heterocycles. The minimum absolute atomic E-state index is 0.175. The maximum atomic E-state index is 12.7. The highest BCUT2D eigenvalue weighted by atomic mass is 32.2. The van der Waals surface area contributed by atoms with Crippen molar-refractivity contribution in [2.75, 3.05) is 19.3 Å². The average Bonchev–Trinajstić information content (AvgIpc) is 2.97. The van der Waals surface area contributed by atoms with E-state index in [1.807, 2.05) is 11.8 Å². The van der Waals surface area contributed by atoms with Gasteiger partial charge in [0.25, 0.3) is 0 Å². The number of nitrogens with one attached hydrogen (secondary N) is 2. The van der Waals surface area contributed by atoms with Gasteiger partial charge in [-0.2, -0.15) is 11.8 Å². The molecule has 2 fully saturated rings. The number of amides is 1. The molecule has 4 heteroatoms. The molecule has 1 amide bonds. The van der Waals surface area contributed by atoms with E-state index in [0.717, 1.165) is 25.9 Å². The molecule has 0 bridgehead atoms. The van der Waals surface area contributed by atoms with E-state index in [1.54, 1.807) is 0 Å². The summed E-state index contributed by atoms with van der Waals surface area (Å²) in [5.41, 5.74) is -0.175. The van der Waals surface area contributed by atoms with Gasteiger partial charge >= 0.3 is 0 Å². The molecule has 2 rings (SSSR count). The van der Waals surface area contributed by atoms with Crippen molar-refractivity contribution in [3.05, 3.63) is 0 Å². The molecular formula is C14H26N2OS. The van der Waals surface area contributed by atoms with Crippen molar-refractivity contribution in [3.8, 4) is 0 Å². The lowest BCUT2D eigenvalue weighted by Gasteiger charge is -2.33. The van der Waals surface area contributed by atoms with Crippen molar-refractivity contribution in [2.24, 2.45) is 11.3 Å². The number of hydrogen-bond donors (Lipinski definition) is 2. The Hall–Kier alpha value is -0.220. The molecule has 104 valence electrons. The van der Waals surface area contributed by atoms with Gasteiger partial charge in [0.15, 0.2) is 0 Å². The lowest BCUT2D eigenvalue weighted by Crippen LogP contribution is -2.50. The largest absolute Gasteiger partial charge is 0.352 e. The minimum Gasteiger partial charge on any atom is -0.352 e. The summed E-state index contributed by atoms with van der Waals surface area (Å²) in [5.74, 6) is 0.690. The van der Waals surface area contributed by atoms with E-state index in [2.05, 4.69) is 30.7 Å². The summed E-state index contributed by atoms with van der Waals surface area (Å²) in [6.45, 7) is 6.16. The van der Waals surface area contributed by atoms with E-state index in [4.69, 9.17) is 0 Å². The zero-order valence-corrected chi connectivity index (χ0v) is 12.6. The molecule has 3 nitrogen and oxygen atoms in total. The van der Waals surface area contributed by atoms with Gasteiger partial charge in [0.05, 0.1) is 5.41 Å². The molecule has 2 aliphatic rings. The Balaban J connectivity index is 2.01. The van der Waals surface area contributed by atoms with Crippen LogP contribution in [0.25, 0.3) is 0 Å². The standard InChI is InChI=1S/C14H26N2OS/c1-10(2)14(7-8-15-9-14)13(17)16-11-5-4-6-12(11)18-3/h10-12,15H,4-9H2,1-3H3,(H,16,17). The third-order valence-electron chi connectivity index (χ3n) is 4.82. The Morgan fingerprint density at radius 2 is 2.22 bits per heavy atom. The number of carbonyl (C=O) groups excluding carboxylic acids is 1. The van der Waals surface area contributed by atoms with Gasteiger partial charge in [-0.25, -0.2) is 0 Å². The van der Waals surface area contributed by atoms with Crippen molar-refractivity contribution in [1.29, 1.82) is 0 Å². The van der Waals surface area contributed by atoms with Crippen LogP contribution >= 0.6 is 11.8 Å². The molecule has 3 unspecified atom stereocenters. The number of rotatable bonds is 4. The quantitative estimate of drug-likeness (QED) is 0.821. The Bertz CT molecular complexity index is 300. The fraction of sp³-hybridized carbons (Fsp3) is 0.929. The van der Waals surface area contributed by atoms with Crippen LogP contribution in [0.3, 0.4) is 0 Å². The summed E-state index contributed by atoms with van der Waals surface area (Å²) in [4.78, 5) is 12.7. The third kappa shape index (κ3) is 2.55. The van der Waals surface area contributed by atoms with E-state index >= 15 is 0 Å². The predicted molar refractivity (Wildman–Crippen MR) is 77.8 cm³/mol. The van der Waals surface area contributed by atoms with Crippen LogP contribution in [0, 0.1) is 11.3 Å². The van der Waals surface area contributed by atoms with Crippen LogP contribution in [0.1, 0.15) is 39.5 Å². The molecule has 3 atom stereocenters. The van der Waals surface area contributed by atoms with Gasteiger partial charge in [0.1, 0.15) is 0 Å². The summed E-state index contributed by atoms with van der Waals surface area (Å²) in [5, 5.41) is 7.32. The van der Waals surface area contributed by atoms with Gasteiger partial charge in [-0.3, -0.25) is 4.79 Å². The van der Waals surface area contributed by atoms with Crippen LogP contribution in [-0.4, -0.2) is 36.5 Å². The Labute approximate surface area is 115 Å². The molecule has 0 aromatic carbocycles. The first-order valence-electron chi connectivity index (χ1n) is 7.14. The second-order valence-electron chi connectivity index (χ2n) is 6.02. The number of carbonyl (C=O) groups is 1. The first-order valence-corrected chi connectivity index (χ1v) is 8.43. The highest BCUT2D eigenvalue weighted by molar-refractivity contribution is 7.99. The SMILES string of the molecule is CSC1CCCC1NC(=O)C1(C(C)C)CCNC1. The van der Waals surface area contributed by atoms with Crippen molar-refractivity contribution < 1.29 is 4.79 Å². The van der Waals surface area contributed by atoms with E-state index in [-0.39, 0.29) is 11.3 Å². The van der Waals surface area contributed by atoms with Gasteiger partial charge < -0.3 is 10.6 Å². The summed E-state index contributed by atoms with van der Waals surface area (Å²) in [6.07, 6.45) is 6.79. The second kappa shape index (κ2) is 5.83. The second-order valence-corrected chi connectivity index (χ2v) is 7.10. The van der Waals surface area contributed by atoms with Crippen molar-refractivity contribution in [2.45, 2.75) is 50.8 Å². The zero-order chi connectivity index (χ0) is 13.2. The smallest absolute Gasteiger partial charge is 0.228 e. The van der Waals surface area contributed by atoms with E-state index in [1.165, 1.54) is 12.8 Å². The fourth-order valence-corrected chi connectivity index (χ4v) is 4.28. The average molecular weight is 270 g/mol. The summed E-state index contributed by atoms with van der Waals surface area (Å²) < 4.78 is 0. The number of thioether (sulfide) groups is 1. The maximum absolute atomic E-state index is 12.7. The number of hydrogen-bond acceptors (Lipinski definition) is 3. The lowest BCUT2D eigenvalue weighted by atomic mass is 9.75. The molecule has 1 aliphatic carbocycles. The van der Waals surface area contributed by atoms with Gasteiger partial charge in [-0.1, -0.05) is 20.3 Å². The summed E-state index contributed by atoms with van der Waals surface area (Å²) >= 11 is 1.90. The Morgan fingerprint density at radius 3 is 2.78 bits per heavy atom. The maximum Gasteiger partial charge on any atom is 0.228 e. The molecule has 1 aliphatic heterocycles. The molecule has 0 aromatic heterocycles. The van der Waals surface area contributed by atoms with Gasteiger partial charge in [-0.15, -0.1) is 0 Å². The fourth-order valence-electron chi connectivity index (χ4n) is 3.35. The molecule has 2 N–H and O–H groups in total. The van der Waals surface area contributed by atoms with E-state index in [9.17, 15) is 4.79 Å². The normalized spacial score (nSPS) is 36.2. The van der Waals surface area contributed by atoms with Crippen LogP contribution in [0.2, 0.25) is 0 Å². The monoisotopic (exact) mass is 270 g/mol. The van der Waals surface area contributed by atoms with Crippen LogP contribution < -0.4 is 10.6 Å². The topological polar surface area (TPSA) is 41.1 Å². The zero-order valence-electron chi connectivity index (χ0n) is 11.8. The summed E-state index contributed by atoms with van der Waals surface area (Å²) in [6, 6.07) is 0.392. The van der Waals surface area contributed by atoms with Crippen LogP contribution in [0.15, 0.2) is 0 Å². The molecular weight excluding hydrogens is 244 g/mol. The molecule has 1 saturated heterocycles. The molecule has 0 spiro atoms. The van der Waals surface area contributed by atoms with Gasteiger partial charge in [0.2, 0.25) is 5.91 Å². The predicted octanol–water partition coefficient (Wildman–Crippen LogP) is 2.02. The summed E-state index contributed by atoms with van der Waals surface area (Å²) in [7, 11) is 0. The highest BCUT2D eigenvalue weighted by Crippen LogP contribution is 2.36. The highest BCUT2D eigenvalue weighted by Gasteiger charge is 2.45. The molecule has 0 radical (unpaired) electrons. The molecule has 1 saturated carbocycles. The van der Waals surface area contributed by atoms with Gasteiger partial charge in [0, 0.05) is 17.8 Å². The van der Waals surface area contributed by atoms with Crippen molar-refractivity contribution in [1.82, 2.24) is 10.6 Å². The Kier molecular flexibility index (Phi) is 4.59. The lowest BCUT2D eigenvalue weighted by molar-refractivity contribution is -0.133. The Morgan fingerprint density at radius 1 is 1.44 bits per heavy atom. The van der Waals surface area contributed by atoms with Crippen molar-refractivity contribution >= 4 is 17.7 Å². The molecule has 18 heavy (non-hydrogen) atoms. The van der Waals surface area contributed by atoms with E-state index < -0.39 is 0 Å². The van der Waals surface area contributed by atoms with Gasteiger partial charge in [-0.05, 0) is 38.0 Å². The minimum atomic E-state index is -0.175. The molecule has 0 aromatic rings. The van der Waals surface area contributed by atoms with Crippen molar-refractivity contribution in [3.63, 3.8) is 0 Å². The van der Waals surface area contributed by atoms with Crippen LogP contribution in [0.5, 0.6) is 0 Å². The first kappa shape index (κ1) is 14.2. The first-order chi connectivity index (χ1) is 8.60. The third-order valence-corrected chi connectivity index (χ3v) is 5.99. The van der Waals surface area contributed by atoms with E-state index in [0.29, 0.717) is 17.2 Å².